The van der Waals surface area contributed by atoms with E-state index in [2.05, 4.69) is 5.32 Å². The second-order valence-electron chi connectivity index (χ2n) is 2.80. The van der Waals surface area contributed by atoms with Gasteiger partial charge < -0.3 is 25.7 Å². The molecular formula is C7H17NO4. The first kappa shape index (κ1) is 11.8. The summed E-state index contributed by atoms with van der Waals surface area (Å²) in [6, 6.07) is -0.616. The molecule has 0 aliphatic rings. The van der Waals surface area contributed by atoms with Gasteiger partial charge in [-0.2, -0.15) is 0 Å². The molecule has 5 nitrogen and oxygen atoms in total. The zero-order chi connectivity index (χ0) is 9.72. The van der Waals surface area contributed by atoms with Gasteiger partial charge in [0.1, 0.15) is 6.10 Å². The molecule has 0 bridgehead atoms. The average molecular weight is 179 g/mol. The van der Waals surface area contributed by atoms with Crippen molar-refractivity contribution in [1.82, 2.24) is 5.32 Å². The SMILES string of the molecule is CNC(CO)C(O)C(O)C(C)O. The zero-order valence-electron chi connectivity index (χ0n) is 7.31. The van der Waals surface area contributed by atoms with Crippen LogP contribution in [0.15, 0.2) is 0 Å². The predicted molar refractivity (Wildman–Crippen MR) is 43.6 cm³/mol. The van der Waals surface area contributed by atoms with Gasteiger partial charge in [-0.1, -0.05) is 0 Å². The van der Waals surface area contributed by atoms with Crippen LogP contribution in [0.3, 0.4) is 0 Å². The summed E-state index contributed by atoms with van der Waals surface area (Å²) in [5.74, 6) is 0. The molecule has 0 aliphatic carbocycles. The first-order valence-corrected chi connectivity index (χ1v) is 3.87. The molecule has 5 heteroatoms. The Morgan fingerprint density at radius 3 is 1.92 bits per heavy atom. The summed E-state index contributed by atoms with van der Waals surface area (Å²) in [6.07, 6.45) is -3.42. The first-order chi connectivity index (χ1) is 5.54. The number of aliphatic hydroxyl groups excluding tert-OH is 4. The third-order valence-corrected chi connectivity index (χ3v) is 1.82. The molecule has 5 N–H and O–H groups in total. The van der Waals surface area contributed by atoms with Gasteiger partial charge in [-0.05, 0) is 14.0 Å². The largest absolute Gasteiger partial charge is 0.395 e. The highest BCUT2D eigenvalue weighted by atomic mass is 16.4. The van der Waals surface area contributed by atoms with E-state index in [0.717, 1.165) is 0 Å². The maximum absolute atomic E-state index is 9.32. The summed E-state index contributed by atoms with van der Waals surface area (Å²) < 4.78 is 0. The fraction of sp³-hybridized carbons (Fsp3) is 1.00. The van der Waals surface area contributed by atoms with E-state index in [4.69, 9.17) is 10.2 Å². The topological polar surface area (TPSA) is 93.0 Å². The molecule has 0 aromatic rings. The third kappa shape index (κ3) is 3.04. The minimum absolute atomic E-state index is 0.290. The maximum Gasteiger partial charge on any atom is 0.107 e. The minimum atomic E-state index is -1.24. The van der Waals surface area contributed by atoms with Crippen LogP contribution in [0.5, 0.6) is 0 Å². The molecule has 0 aromatic carbocycles. The van der Waals surface area contributed by atoms with Crippen LogP contribution in [0.1, 0.15) is 6.92 Å². The smallest absolute Gasteiger partial charge is 0.107 e. The van der Waals surface area contributed by atoms with Crippen molar-refractivity contribution in [3.63, 3.8) is 0 Å². The van der Waals surface area contributed by atoms with Gasteiger partial charge in [0.2, 0.25) is 0 Å². The Bertz CT molecular complexity index is 114. The molecule has 0 amide bonds. The lowest BCUT2D eigenvalue weighted by molar-refractivity contribution is -0.0706. The number of aliphatic hydroxyl groups is 4. The quantitative estimate of drug-likeness (QED) is 0.326. The normalized spacial score (nSPS) is 21.5. The molecule has 0 saturated carbocycles. The van der Waals surface area contributed by atoms with Crippen molar-refractivity contribution in [2.45, 2.75) is 31.3 Å². The number of likely N-dealkylation sites (N-methyl/N-ethyl adjacent to an activating group) is 1. The van der Waals surface area contributed by atoms with Crippen molar-refractivity contribution in [2.75, 3.05) is 13.7 Å². The summed E-state index contributed by atoms with van der Waals surface area (Å²) >= 11 is 0. The monoisotopic (exact) mass is 179 g/mol. The Balaban J connectivity index is 4.05. The van der Waals surface area contributed by atoms with Crippen molar-refractivity contribution in [3.8, 4) is 0 Å². The second kappa shape index (κ2) is 5.45. The average Bonchev–Trinajstić information content (AvgIpc) is 2.05. The van der Waals surface area contributed by atoms with Crippen molar-refractivity contribution in [3.05, 3.63) is 0 Å². The lowest BCUT2D eigenvalue weighted by Gasteiger charge is -2.26. The van der Waals surface area contributed by atoms with Gasteiger partial charge in [-0.25, -0.2) is 0 Å². The molecule has 0 saturated heterocycles. The summed E-state index contributed by atoms with van der Waals surface area (Å²) in [5.41, 5.74) is 0. The first-order valence-electron chi connectivity index (χ1n) is 3.87. The van der Waals surface area contributed by atoms with Gasteiger partial charge in [0.15, 0.2) is 0 Å². The van der Waals surface area contributed by atoms with Gasteiger partial charge in [-0.3, -0.25) is 0 Å². The molecule has 0 fully saturated rings. The highest BCUT2D eigenvalue weighted by Gasteiger charge is 2.27. The molecule has 0 rings (SSSR count). The van der Waals surface area contributed by atoms with Crippen LogP contribution in [0, 0.1) is 0 Å². The fourth-order valence-electron chi connectivity index (χ4n) is 0.893. The van der Waals surface area contributed by atoms with Crippen LogP contribution in [0.25, 0.3) is 0 Å². The molecule has 0 aromatic heterocycles. The number of hydrogen-bond acceptors (Lipinski definition) is 5. The van der Waals surface area contributed by atoms with Gasteiger partial charge in [0.05, 0.1) is 24.9 Å². The van der Waals surface area contributed by atoms with Crippen LogP contribution < -0.4 is 5.32 Å². The summed E-state index contributed by atoms with van der Waals surface area (Å²) in [6.45, 7) is 1.08. The second-order valence-corrected chi connectivity index (χ2v) is 2.80. The Morgan fingerprint density at radius 2 is 1.67 bits per heavy atom. The third-order valence-electron chi connectivity index (χ3n) is 1.82. The highest BCUT2D eigenvalue weighted by molar-refractivity contribution is 4.82. The lowest BCUT2D eigenvalue weighted by atomic mass is 10.0. The number of hydrogen-bond donors (Lipinski definition) is 5. The summed E-state index contributed by atoms with van der Waals surface area (Å²) in [7, 11) is 1.55. The van der Waals surface area contributed by atoms with E-state index in [1.807, 2.05) is 0 Å². The summed E-state index contributed by atoms with van der Waals surface area (Å²) in [4.78, 5) is 0. The summed E-state index contributed by atoms with van der Waals surface area (Å²) in [5, 5.41) is 38.7. The van der Waals surface area contributed by atoms with Crippen LogP contribution in [0.4, 0.5) is 0 Å². The zero-order valence-corrected chi connectivity index (χ0v) is 7.31. The lowest BCUT2D eigenvalue weighted by Crippen LogP contribution is -2.50. The highest BCUT2D eigenvalue weighted by Crippen LogP contribution is 2.03. The van der Waals surface area contributed by atoms with Crippen molar-refractivity contribution < 1.29 is 20.4 Å². The van der Waals surface area contributed by atoms with Crippen molar-refractivity contribution >= 4 is 0 Å². The van der Waals surface area contributed by atoms with Gasteiger partial charge in [-0.15, -0.1) is 0 Å². The molecule has 0 heterocycles. The van der Waals surface area contributed by atoms with Gasteiger partial charge in [0, 0.05) is 0 Å². The van der Waals surface area contributed by atoms with E-state index in [-0.39, 0.29) is 6.61 Å². The maximum atomic E-state index is 9.32. The van der Waals surface area contributed by atoms with E-state index >= 15 is 0 Å². The molecule has 0 spiro atoms. The number of nitrogens with one attached hydrogen (secondary N) is 1. The van der Waals surface area contributed by atoms with Gasteiger partial charge >= 0.3 is 0 Å². The standard InChI is InChI=1S/C7H17NO4/c1-4(10)6(11)7(12)5(3-9)8-2/h4-12H,3H2,1-2H3. The number of rotatable bonds is 5. The molecule has 12 heavy (non-hydrogen) atoms. The van der Waals surface area contributed by atoms with E-state index in [0.29, 0.717) is 0 Å². The van der Waals surface area contributed by atoms with E-state index in [1.54, 1.807) is 7.05 Å². The van der Waals surface area contributed by atoms with Crippen LogP contribution in [-0.2, 0) is 0 Å². The molecule has 74 valence electrons. The van der Waals surface area contributed by atoms with Crippen LogP contribution in [0.2, 0.25) is 0 Å². The molecule has 4 atom stereocenters. The van der Waals surface area contributed by atoms with Crippen LogP contribution in [-0.4, -0.2) is 58.4 Å². The van der Waals surface area contributed by atoms with E-state index < -0.39 is 24.4 Å². The molecular weight excluding hydrogens is 162 g/mol. The van der Waals surface area contributed by atoms with Crippen LogP contribution >= 0.6 is 0 Å². The van der Waals surface area contributed by atoms with E-state index in [1.165, 1.54) is 6.92 Å². The Kier molecular flexibility index (Phi) is 5.36. The van der Waals surface area contributed by atoms with Crippen molar-refractivity contribution in [2.24, 2.45) is 0 Å². The fourth-order valence-corrected chi connectivity index (χ4v) is 0.893. The Hall–Kier alpha value is -0.200. The molecule has 0 radical (unpaired) electrons. The minimum Gasteiger partial charge on any atom is -0.395 e. The molecule has 4 unspecified atom stereocenters. The van der Waals surface area contributed by atoms with E-state index in [9.17, 15) is 10.2 Å². The Morgan fingerprint density at radius 1 is 1.17 bits per heavy atom. The Labute approximate surface area is 71.7 Å². The van der Waals surface area contributed by atoms with Gasteiger partial charge in [0.25, 0.3) is 0 Å². The predicted octanol–water partition coefficient (Wildman–Crippen LogP) is -2.33. The molecule has 0 aliphatic heterocycles. The van der Waals surface area contributed by atoms with Crippen molar-refractivity contribution in [1.29, 1.82) is 0 Å².